The molecule has 2 amide bonds. The van der Waals surface area contributed by atoms with Crippen molar-refractivity contribution in [3.63, 3.8) is 0 Å². The van der Waals surface area contributed by atoms with Gasteiger partial charge in [0.1, 0.15) is 11.6 Å². The molecule has 0 aromatic carbocycles. The van der Waals surface area contributed by atoms with Gasteiger partial charge in [0.25, 0.3) is 5.91 Å². The van der Waals surface area contributed by atoms with Crippen LogP contribution in [0.1, 0.15) is 43.5 Å². The van der Waals surface area contributed by atoms with Gasteiger partial charge in [0.15, 0.2) is 5.58 Å². The van der Waals surface area contributed by atoms with Crippen LogP contribution in [0.4, 0.5) is 4.79 Å². The quantitative estimate of drug-likeness (QED) is 0.618. The lowest BCUT2D eigenvalue weighted by atomic mass is 10.0. The Morgan fingerprint density at radius 1 is 1.42 bits per heavy atom. The normalized spacial score (nSPS) is 19.7. The molecule has 1 saturated heterocycles. The largest absolute Gasteiger partial charge is 0.462 e. The summed E-state index contributed by atoms with van der Waals surface area (Å²) in [5.74, 6) is 0.0279. The van der Waals surface area contributed by atoms with E-state index in [1.165, 1.54) is 7.11 Å². The number of pyridine rings is 1. The molecule has 31 heavy (non-hydrogen) atoms. The van der Waals surface area contributed by atoms with Crippen LogP contribution in [0.2, 0.25) is 0 Å². The van der Waals surface area contributed by atoms with Crippen LogP contribution >= 0.6 is 0 Å². The van der Waals surface area contributed by atoms with Crippen LogP contribution in [0.3, 0.4) is 0 Å². The molecule has 0 spiro atoms. The summed E-state index contributed by atoms with van der Waals surface area (Å²) in [7, 11) is 1.35. The number of rotatable bonds is 8. The van der Waals surface area contributed by atoms with E-state index in [1.54, 1.807) is 6.26 Å². The molecule has 9 heteroatoms. The molecule has 0 bridgehead atoms. The van der Waals surface area contributed by atoms with Crippen molar-refractivity contribution >= 4 is 23.1 Å². The number of fused-ring (bicyclic) bond motifs is 1. The highest BCUT2D eigenvalue weighted by molar-refractivity contribution is 5.83. The first-order chi connectivity index (χ1) is 15.1. The van der Waals surface area contributed by atoms with Gasteiger partial charge in [-0.3, -0.25) is 4.79 Å². The van der Waals surface area contributed by atoms with Crippen LogP contribution < -0.4 is 10.6 Å². The number of nitrogens with one attached hydrogen (secondary N) is 2. The van der Waals surface area contributed by atoms with E-state index in [2.05, 4.69) is 15.4 Å². The molecule has 4 rings (SSSR count). The Morgan fingerprint density at radius 2 is 2.26 bits per heavy atom. The smallest absolute Gasteiger partial charge is 0.406 e. The van der Waals surface area contributed by atoms with E-state index in [0.29, 0.717) is 26.1 Å². The molecule has 2 atom stereocenters. The Kier molecular flexibility index (Phi) is 6.72. The van der Waals surface area contributed by atoms with Crippen molar-refractivity contribution < 1.29 is 23.5 Å². The molecule has 2 aromatic heterocycles. The highest BCUT2D eigenvalue weighted by Gasteiger charge is 2.40. The molecule has 1 aliphatic heterocycles. The summed E-state index contributed by atoms with van der Waals surface area (Å²) in [6.45, 7) is 4.40. The molecule has 2 fully saturated rings. The predicted octanol–water partition coefficient (Wildman–Crippen LogP) is 2.16. The number of amides is 2. The van der Waals surface area contributed by atoms with Gasteiger partial charge in [-0.25, -0.2) is 9.78 Å². The Balaban J connectivity index is 1.53. The zero-order valence-corrected chi connectivity index (χ0v) is 18.1. The van der Waals surface area contributed by atoms with Crippen molar-refractivity contribution in [2.24, 2.45) is 0 Å². The number of aryl methyl sites for hydroxylation is 1. The van der Waals surface area contributed by atoms with Crippen LogP contribution in [0.5, 0.6) is 0 Å². The number of aromatic nitrogens is 1. The Hall–Kier alpha value is -2.65. The van der Waals surface area contributed by atoms with Crippen molar-refractivity contribution in [2.45, 2.75) is 50.8 Å². The third kappa shape index (κ3) is 4.99. The van der Waals surface area contributed by atoms with Crippen molar-refractivity contribution in [1.82, 2.24) is 20.5 Å². The van der Waals surface area contributed by atoms with Gasteiger partial charge < -0.3 is 29.4 Å². The fourth-order valence-electron chi connectivity index (χ4n) is 4.06. The summed E-state index contributed by atoms with van der Waals surface area (Å²) >= 11 is 0. The van der Waals surface area contributed by atoms with Gasteiger partial charge in [0.05, 0.1) is 31.7 Å². The molecule has 3 heterocycles. The van der Waals surface area contributed by atoms with Gasteiger partial charge in [-0.15, -0.1) is 0 Å². The molecule has 9 nitrogen and oxygen atoms in total. The lowest BCUT2D eigenvalue weighted by molar-refractivity contribution is -0.148. The van der Waals surface area contributed by atoms with Gasteiger partial charge in [0.2, 0.25) is 0 Å². The maximum Gasteiger partial charge on any atom is 0.406 e. The molecule has 2 N–H and O–H groups in total. The van der Waals surface area contributed by atoms with Crippen molar-refractivity contribution in [2.75, 3.05) is 33.4 Å². The first-order valence-corrected chi connectivity index (χ1v) is 10.9. The Bertz CT molecular complexity index is 920. The van der Waals surface area contributed by atoms with E-state index in [0.717, 1.165) is 48.2 Å². The minimum atomic E-state index is -0.446. The standard InChI is InChI=1S/C22H30N4O5/c1-14(26(16-5-6-16)21(27)19-13-23-9-11-30-19)18-12-15(4-3-8-24-22(28)29-2)20-17(25-18)7-10-31-20/h7,10,12,14,16,19,23H,3-6,8-9,11,13H2,1-2H3,(H,24,28)/t14-,19-/m1/s1. The molecule has 0 radical (unpaired) electrons. The number of carbonyl (C=O) groups is 2. The monoisotopic (exact) mass is 430 g/mol. The second-order valence-corrected chi connectivity index (χ2v) is 8.08. The predicted molar refractivity (Wildman–Crippen MR) is 114 cm³/mol. The second-order valence-electron chi connectivity index (χ2n) is 8.08. The number of ether oxygens (including phenoxy) is 2. The van der Waals surface area contributed by atoms with Gasteiger partial charge in [-0.1, -0.05) is 0 Å². The third-order valence-corrected chi connectivity index (χ3v) is 5.83. The zero-order valence-electron chi connectivity index (χ0n) is 18.1. The summed E-state index contributed by atoms with van der Waals surface area (Å²) in [4.78, 5) is 31.3. The number of furan rings is 1. The molecular formula is C22H30N4O5. The average molecular weight is 431 g/mol. The number of hydrogen-bond donors (Lipinski definition) is 2. The minimum Gasteiger partial charge on any atom is -0.462 e. The molecule has 168 valence electrons. The van der Waals surface area contributed by atoms with Crippen LogP contribution in [0.25, 0.3) is 11.1 Å². The van der Waals surface area contributed by atoms with E-state index in [9.17, 15) is 9.59 Å². The summed E-state index contributed by atoms with van der Waals surface area (Å²) < 4.78 is 16.0. The van der Waals surface area contributed by atoms with E-state index in [4.69, 9.17) is 14.1 Å². The molecule has 1 aliphatic carbocycles. The Morgan fingerprint density at radius 3 is 2.97 bits per heavy atom. The zero-order chi connectivity index (χ0) is 21.8. The van der Waals surface area contributed by atoms with E-state index < -0.39 is 12.2 Å². The molecule has 0 unspecified atom stereocenters. The maximum absolute atomic E-state index is 13.3. The third-order valence-electron chi connectivity index (χ3n) is 5.83. The molecule has 1 saturated carbocycles. The SMILES string of the molecule is COC(=O)NCCCc1cc([C@@H](C)N(C(=O)[C@H]2CNCCO2)C2CC2)nc2ccoc12. The van der Waals surface area contributed by atoms with Crippen LogP contribution in [0, 0.1) is 0 Å². The van der Waals surface area contributed by atoms with E-state index >= 15 is 0 Å². The molecule has 2 aliphatic rings. The summed E-state index contributed by atoms with van der Waals surface area (Å²) in [6.07, 6.45) is 4.21. The first-order valence-electron chi connectivity index (χ1n) is 10.9. The highest BCUT2D eigenvalue weighted by atomic mass is 16.5. The van der Waals surface area contributed by atoms with Crippen LogP contribution in [0.15, 0.2) is 22.8 Å². The van der Waals surface area contributed by atoms with Gasteiger partial charge in [-0.2, -0.15) is 0 Å². The van der Waals surface area contributed by atoms with Crippen LogP contribution in [-0.2, 0) is 20.7 Å². The number of alkyl carbamates (subject to hydrolysis) is 1. The Labute approximate surface area is 181 Å². The molecule has 2 aromatic rings. The minimum absolute atomic E-state index is 0.0279. The number of nitrogens with zero attached hydrogens (tertiary/aromatic N) is 2. The average Bonchev–Trinajstić information content (AvgIpc) is 3.51. The van der Waals surface area contributed by atoms with Gasteiger partial charge in [-0.05, 0) is 44.2 Å². The fourth-order valence-corrected chi connectivity index (χ4v) is 4.06. The van der Waals surface area contributed by atoms with Crippen LogP contribution in [-0.4, -0.2) is 67.4 Å². The van der Waals surface area contributed by atoms with E-state index in [-0.39, 0.29) is 18.0 Å². The number of carbonyl (C=O) groups excluding carboxylic acids is 2. The second kappa shape index (κ2) is 9.65. The van der Waals surface area contributed by atoms with Crippen molar-refractivity contribution in [3.8, 4) is 0 Å². The summed E-state index contributed by atoms with van der Waals surface area (Å²) in [6, 6.07) is 3.94. The topological polar surface area (TPSA) is 106 Å². The van der Waals surface area contributed by atoms with Gasteiger partial charge in [0, 0.05) is 31.7 Å². The number of methoxy groups -OCH3 is 1. The fraction of sp³-hybridized carbons (Fsp3) is 0.591. The number of morpholine rings is 1. The summed E-state index contributed by atoms with van der Waals surface area (Å²) in [5, 5.41) is 5.93. The molecular weight excluding hydrogens is 400 g/mol. The summed E-state index contributed by atoms with van der Waals surface area (Å²) in [5.41, 5.74) is 3.38. The highest BCUT2D eigenvalue weighted by Crippen LogP contribution is 2.36. The van der Waals surface area contributed by atoms with Crippen molar-refractivity contribution in [3.05, 3.63) is 29.7 Å². The maximum atomic E-state index is 13.3. The lowest BCUT2D eigenvalue weighted by Crippen LogP contribution is -2.50. The van der Waals surface area contributed by atoms with Gasteiger partial charge >= 0.3 is 6.09 Å². The first kappa shape index (κ1) is 21.6. The lowest BCUT2D eigenvalue weighted by Gasteiger charge is -2.34. The van der Waals surface area contributed by atoms with Crippen molar-refractivity contribution in [1.29, 1.82) is 0 Å². The van der Waals surface area contributed by atoms with E-state index in [1.807, 2.05) is 24.0 Å². The number of hydrogen-bond acceptors (Lipinski definition) is 7.